The van der Waals surface area contributed by atoms with E-state index in [4.69, 9.17) is 38.1 Å². The van der Waals surface area contributed by atoms with Crippen molar-refractivity contribution in [1.82, 2.24) is 14.5 Å². The van der Waals surface area contributed by atoms with Crippen LogP contribution in [0.4, 0.5) is 5.82 Å². The van der Waals surface area contributed by atoms with E-state index in [2.05, 4.69) is 44.6 Å². The van der Waals surface area contributed by atoms with Crippen molar-refractivity contribution < 1.29 is 32.9 Å². The predicted molar refractivity (Wildman–Crippen MR) is 188 cm³/mol. The molecule has 3 saturated heterocycles. The molecule has 1 amide bonds. The average Bonchev–Trinajstić information content (AvgIpc) is 3.56. The van der Waals surface area contributed by atoms with Gasteiger partial charge in [-0.2, -0.15) is 0 Å². The molecule has 2 aromatic heterocycles. The quantitative estimate of drug-likeness (QED) is 0.225. The molecule has 49 heavy (non-hydrogen) atoms. The Morgan fingerprint density at radius 2 is 1.69 bits per heavy atom. The molecule has 0 spiro atoms. The molecule has 11 nitrogen and oxygen atoms in total. The lowest BCUT2D eigenvalue weighted by molar-refractivity contribution is -0.222. The standard InChI is InChI=1S/C37H52N4O7Si/c1-37(2,3)49(4,5)48-32-31(47-29-18-10-12-21-44-29)27(23-45-28-17-9-11-20-43-28)46-36(32)41-22-26-16-13-19-40(33-30(26)34(41)39-24-38-33)35(42)25-14-7-6-8-15-25/h6-8,14-15,22,24,27-29,31-32,36H,9-13,16-21,23H2,1-5H3/t27-,28?,29?,31-,32-,36-/m1/s1. The number of anilines is 1. The molecule has 6 heterocycles. The summed E-state index contributed by atoms with van der Waals surface area (Å²) in [6, 6.07) is 9.40. The first-order valence-corrected chi connectivity index (χ1v) is 21.1. The minimum Gasteiger partial charge on any atom is -0.407 e. The molecule has 3 fully saturated rings. The van der Waals surface area contributed by atoms with E-state index in [0.29, 0.717) is 43.4 Å². The summed E-state index contributed by atoms with van der Waals surface area (Å²) in [4.78, 5) is 25.1. The zero-order valence-corrected chi connectivity index (χ0v) is 30.6. The molecule has 0 radical (unpaired) electrons. The molecule has 1 aromatic carbocycles. The van der Waals surface area contributed by atoms with Crippen LogP contribution in [0.1, 0.15) is 87.9 Å². The van der Waals surface area contributed by atoms with Gasteiger partial charge in [-0.3, -0.25) is 9.69 Å². The van der Waals surface area contributed by atoms with Gasteiger partial charge in [0.2, 0.25) is 0 Å². The third-order valence-electron chi connectivity index (χ3n) is 10.8. The Kier molecular flexibility index (Phi) is 10.3. The van der Waals surface area contributed by atoms with Crippen molar-refractivity contribution in [3.05, 3.63) is 54.0 Å². The van der Waals surface area contributed by atoms with Crippen LogP contribution in [0.2, 0.25) is 18.1 Å². The summed E-state index contributed by atoms with van der Waals surface area (Å²) in [6.07, 6.45) is 8.68. The zero-order chi connectivity index (χ0) is 34.2. The van der Waals surface area contributed by atoms with Crippen molar-refractivity contribution >= 4 is 31.1 Å². The number of ether oxygens (including phenoxy) is 5. The minimum absolute atomic E-state index is 0.0493. The third-order valence-corrected chi connectivity index (χ3v) is 15.3. The number of aryl methyl sites for hydroxylation is 1. The van der Waals surface area contributed by atoms with Crippen LogP contribution in [0.25, 0.3) is 11.0 Å². The Labute approximate surface area is 290 Å². The lowest BCUT2D eigenvalue weighted by Gasteiger charge is -2.41. The van der Waals surface area contributed by atoms with E-state index in [1.54, 1.807) is 11.2 Å². The molecule has 7 rings (SSSR count). The topological polar surface area (TPSA) is 106 Å². The first-order valence-electron chi connectivity index (χ1n) is 18.2. The number of carbonyl (C=O) groups is 1. The molecule has 3 aromatic rings. The number of hydrogen-bond acceptors (Lipinski definition) is 9. The van der Waals surface area contributed by atoms with E-state index >= 15 is 0 Å². The highest BCUT2D eigenvalue weighted by Crippen LogP contribution is 2.45. The SMILES string of the molecule is CC(C)(C)[Si](C)(C)O[C@@H]1[C@H](OC2CCCCO2)[C@@H](COC2CCCCO2)O[C@H]1n1cc2c3c(ncnc31)N(C(=O)c1ccccc1)CCC2. The fourth-order valence-corrected chi connectivity index (χ4v) is 8.40. The number of hydrogen-bond donors (Lipinski definition) is 0. The van der Waals surface area contributed by atoms with Crippen molar-refractivity contribution in [1.29, 1.82) is 0 Å². The smallest absolute Gasteiger partial charge is 0.259 e. The molecule has 6 atom stereocenters. The highest BCUT2D eigenvalue weighted by molar-refractivity contribution is 6.74. The van der Waals surface area contributed by atoms with Crippen LogP contribution in [-0.4, -0.2) is 86.0 Å². The Morgan fingerprint density at radius 1 is 0.959 bits per heavy atom. The summed E-state index contributed by atoms with van der Waals surface area (Å²) in [7, 11) is -2.34. The Bertz CT molecular complexity index is 1580. The van der Waals surface area contributed by atoms with Gasteiger partial charge < -0.3 is 32.7 Å². The lowest BCUT2D eigenvalue weighted by Crippen LogP contribution is -2.50. The molecular weight excluding hydrogens is 641 g/mol. The van der Waals surface area contributed by atoms with Crippen molar-refractivity contribution in [3.8, 4) is 0 Å². The third kappa shape index (κ3) is 7.24. The number of nitrogens with zero attached hydrogens (tertiary/aromatic N) is 4. The Morgan fingerprint density at radius 3 is 2.39 bits per heavy atom. The van der Waals surface area contributed by atoms with E-state index in [0.717, 1.165) is 62.3 Å². The molecular formula is C37H52N4O7Si. The van der Waals surface area contributed by atoms with Crippen LogP contribution < -0.4 is 4.90 Å². The van der Waals surface area contributed by atoms with Gasteiger partial charge in [-0.25, -0.2) is 9.97 Å². The summed E-state index contributed by atoms with van der Waals surface area (Å²) < 4.78 is 41.7. The number of amides is 1. The second kappa shape index (κ2) is 14.5. The second-order valence-corrected chi connectivity index (χ2v) is 20.1. The van der Waals surface area contributed by atoms with Crippen molar-refractivity contribution in [2.24, 2.45) is 0 Å². The number of aromatic nitrogens is 3. The zero-order valence-electron chi connectivity index (χ0n) is 29.6. The largest absolute Gasteiger partial charge is 0.407 e. The van der Waals surface area contributed by atoms with Gasteiger partial charge in [-0.15, -0.1) is 0 Å². The maximum atomic E-state index is 13.8. The van der Waals surface area contributed by atoms with E-state index in [9.17, 15) is 4.79 Å². The van der Waals surface area contributed by atoms with Crippen LogP contribution in [0.3, 0.4) is 0 Å². The van der Waals surface area contributed by atoms with Gasteiger partial charge in [0.1, 0.15) is 36.1 Å². The first kappa shape index (κ1) is 34.7. The molecule has 0 N–H and O–H groups in total. The maximum Gasteiger partial charge on any atom is 0.259 e. The van der Waals surface area contributed by atoms with Crippen molar-refractivity contribution in [2.45, 2.75) is 127 Å². The molecule has 12 heteroatoms. The molecule has 2 unspecified atom stereocenters. The fourth-order valence-electron chi connectivity index (χ4n) is 7.11. The van der Waals surface area contributed by atoms with Gasteiger partial charge in [0.05, 0.1) is 12.0 Å². The number of benzene rings is 1. The average molecular weight is 693 g/mol. The fraction of sp³-hybridized carbons (Fsp3) is 0.649. The Balaban J connectivity index is 1.28. The highest BCUT2D eigenvalue weighted by atomic mass is 28.4. The van der Waals surface area contributed by atoms with Gasteiger partial charge >= 0.3 is 0 Å². The van der Waals surface area contributed by atoms with Crippen LogP contribution in [0, 0.1) is 0 Å². The van der Waals surface area contributed by atoms with Crippen LogP contribution in [0.15, 0.2) is 42.9 Å². The van der Waals surface area contributed by atoms with Gasteiger partial charge in [0.15, 0.2) is 27.1 Å². The van der Waals surface area contributed by atoms with Crippen LogP contribution in [-0.2, 0) is 34.5 Å². The van der Waals surface area contributed by atoms with Crippen molar-refractivity contribution in [2.75, 3.05) is 31.3 Å². The van der Waals surface area contributed by atoms with Gasteiger partial charge in [-0.1, -0.05) is 39.0 Å². The number of rotatable bonds is 9. The van der Waals surface area contributed by atoms with Gasteiger partial charge in [0, 0.05) is 31.5 Å². The minimum atomic E-state index is -2.34. The molecule has 4 aliphatic rings. The van der Waals surface area contributed by atoms with E-state index in [1.807, 2.05) is 30.3 Å². The van der Waals surface area contributed by atoms with Crippen LogP contribution in [0.5, 0.6) is 0 Å². The van der Waals surface area contributed by atoms with E-state index < -0.39 is 32.9 Å². The summed E-state index contributed by atoms with van der Waals surface area (Å²) >= 11 is 0. The van der Waals surface area contributed by atoms with Crippen LogP contribution >= 0.6 is 0 Å². The molecule has 4 aliphatic heterocycles. The van der Waals surface area contributed by atoms with E-state index in [1.165, 1.54) is 0 Å². The Hall–Kier alpha value is -2.71. The van der Waals surface area contributed by atoms with E-state index in [-0.39, 0.29) is 23.5 Å². The molecule has 0 aliphatic carbocycles. The molecule has 0 bridgehead atoms. The summed E-state index contributed by atoms with van der Waals surface area (Å²) in [5.41, 5.74) is 2.44. The molecule has 266 valence electrons. The summed E-state index contributed by atoms with van der Waals surface area (Å²) in [5, 5.41) is 0.828. The normalized spacial score (nSPS) is 28.1. The summed E-state index contributed by atoms with van der Waals surface area (Å²) in [6.45, 7) is 13.5. The number of carbonyl (C=O) groups excluding carboxylic acids is 1. The maximum absolute atomic E-state index is 13.8. The predicted octanol–water partition coefficient (Wildman–Crippen LogP) is 6.77. The lowest BCUT2D eigenvalue weighted by atomic mass is 10.1. The van der Waals surface area contributed by atoms with Gasteiger partial charge in [-0.05, 0) is 87.2 Å². The second-order valence-electron chi connectivity index (χ2n) is 15.3. The van der Waals surface area contributed by atoms with Crippen molar-refractivity contribution in [3.63, 3.8) is 0 Å². The first-order chi connectivity index (χ1) is 23.6. The molecule has 0 saturated carbocycles. The highest BCUT2D eigenvalue weighted by Gasteiger charge is 2.53. The van der Waals surface area contributed by atoms with Gasteiger partial charge in [0.25, 0.3) is 5.91 Å². The monoisotopic (exact) mass is 692 g/mol. The summed E-state index contributed by atoms with van der Waals surface area (Å²) in [5.74, 6) is 0.559.